The van der Waals surface area contributed by atoms with Gasteiger partial charge in [0.25, 0.3) is 0 Å². The number of aryl methyl sites for hydroxylation is 1. The fourth-order valence-electron chi connectivity index (χ4n) is 1.51. The van der Waals surface area contributed by atoms with Crippen molar-refractivity contribution in [2.24, 2.45) is 0 Å². The van der Waals surface area contributed by atoms with Crippen molar-refractivity contribution in [1.29, 1.82) is 0 Å². The second-order valence-corrected chi connectivity index (χ2v) is 5.75. The summed E-state index contributed by atoms with van der Waals surface area (Å²) in [5.41, 5.74) is 2.10. The average Bonchev–Trinajstić information content (AvgIpc) is 2.26. The van der Waals surface area contributed by atoms with Gasteiger partial charge in [0.05, 0.1) is 6.61 Å². The molecule has 0 saturated heterocycles. The monoisotopic (exact) mass is 267 g/mol. The quantitative estimate of drug-likeness (QED) is 0.855. The summed E-state index contributed by atoms with van der Waals surface area (Å²) >= 11 is 0. The van der Waals surface area contributed by atoms with Crippen molar-refractivity contribution in [2.75, 3.05) is 13.7 Å². The minimum atomic E-state index is -0.0528. The number of rotatable bonds is 6. The van der Waals surface area contributed by atoms with Gasteiger partial charge in [-0.15, -0.1) is 0 Å². The highest BCUT2D eigenvalue weighted by atomic mass is 16.5. The highest BCUT2D eigenvalue weighted by Crippen LogP contribution is 2.11. The minimum Gasteiger partial charge on any atom is -0.458 e. The summed E-state index contributed by atoms with van der Waals surface area (Å²) in [4.78, 5) is 8.60. The SMILES string of the molecule is COCC(C)Oc1ncc(CNC(C)(C)C)c(C)n1. The molecule has 5 heteroatoms. The Kier molecular flexibility index (Phi) is 5.69. The van der Waals surface area contributed by atoms with Crippen LogP contribution in [-0.2, 0) is 11.3 Å². The van der Waals surface area contributed by atoms with E-state index >= 15 is 0 Å². The summed E-state index contributed by atoms with van der Waals surface area (Å²) in [7, 11) is 1.65. The van der Waals surface area contributed by atoms with Gasteiger partial charge in [0, 0.05) is 36.6 Å². The number of ether oxygens (including phenoxy) is 2. The van der Waals surface area contributed by atoms with E-state index in [0.29, 0.717) is 12.6 Å². The zero-order valence-corrected chi connectivity index (χ0v) is 12.8. The molecule has 0 radical (unpaired) electrons. The first-order valence-corrected chi connectivity index (χ1v) is 6.55. The lowest BCUT2D eigenvalue weighted by Crippen LogP contribution is -2.35. The van der Waals surface area contributed by atoms with Crippen molar-refractivity contribution < 1.29 is 9.47 Å². The van der Waals surface area contributed by atoms with Crippen LogP contribution in [-0.4, -0.2) is 35.3 Å². The number of nitrogens with zero attached hydrogens (tertiary/aromatic N) is 2. The number of aromatic nitrogens is 2. The molecule has 1 aromatic heterocycles. The lowest BCUT2D eigenvalue weighted by molar-refractivity contribution is 0.0853. The molecule has 0 aliphatic heterocycles. The zero-order chi connectivity index (χ0) is 14.5. The maximum Gasteiger partial charge on any atom is 0.316 e. The van der Waals surface area contributed by atoms with Crippen molar-refractivity contribution >= 4 is 0 Å². The molecule has 108 valence electrons. The predicted octanol–water partition coefficient (Wildman–Crippen LogP) is 2.09. The van der Waals surface area contributed by atoms with Crippen LogP contribution in [0.25, 0.3) is 0 Å². The summed E-state index contributed by atoms with van der Waals surface area (Å²) in [5, 5.41) is 3.42. The molecule has 1 aromatic rings. The van der Waals surface area contributed by atoms with Gasteiger partial charge in [-0.1, -0.05) is 0 Å². The lowest BCUT2D eigenvalue weighted by Gasteiger charge is -2.21. The molecule has 1 N–H and O–H groups in total. The van der Waals surface area contributed by atoms with Gasteiger partial charge in [-0.3, -0.25) is 0 Å². The molecule has 0 spiro atoms. The Hall–Kier alpha value is -1.20. The number of hydrogen-bond acceptors (Lipinski definition) is 5. The molecule has 1 unspecified atom stereocenters. The first kappa shape index (κ1) is 15.9. The van der Waals surface area contributed by atoms with Crippen molar-refractivity contribution in [3.8, 4) is 6.01 Å². The van der Waals surface area contributed by atoms with Gasteiger partial charge in [-0.25, -0.2) is 9.97 Å². The molecule has 0 aliphatic carbocycles. The topological polar surface area (TPSA) is 56.3 Å². The molecule has 0 fully saturated rings. The maximum absolute atomic E-state index is 5.57. The molecule has 19 heavy (non-hydrogen) atoms. The Morgan fingerprint density at radius 1 is 1.37 bits per heavy atom. The summed E-state index contributed by atoms with van der Waals surface area (Å²) < 4.78 is 10.6. The third-order valence-corrected chi connectivity index (χ3v) is 2.58. The van der Waals surface area contributed by atoms with Crippen LogP contribution in [0.5, 0.6) is 6.01 Å². The van der Waals surface area contributed by atoms with Gasteiger partial charge in [-0.05, 0) is 34.6 Å². The van der Waals surface area contributed by atoms with E-state index in [4.69, 9.17) is 9.47 Å². The number of methoxy groups -OCH3 is 1. The van der Waals surface area contributed by atoms with E-state index in [0.717, 1.165) is 17.8 Å². The van der Waals surface area contributed by atoms with E-state index in [1.54, 1.807) is 7.11 Å². The molecule has 1 rings (SSSR count). The Labute approximate surface area is 115 Å². The average molecular weight is 267 g/mol. The number of hydrogen-bond donors (Lipinski definition) is 1. The molecule has 1 heterocycles. The normalized spacial score (nSPS) is 13.4. The van der Waals surface area contributed by atoms with E-state index in [-0.39, 0.29) is 11.6 Å². The van der Waals surface area contributed by atoms with Gasteiger partial charge >= 0.3 is 6.01 Å². The minimum absolute atomic E-state index is 0.0528. The molecule has 0 bridgehead atoms. The second-order valence-electron chi connectivity index (χ2n) is 5.75. The smallest absolute Gasteiger partial charge is 0.316 e. The van der Waals surface area contributed by atoms with Crippen molar-refractivity contribution in [1.82, 2.24) is 15.3 Å². The first-order valence-electron chi connectivity index (χ1n) is 6.55. The molecule has 0 saturated carbocycles. The van der Waals surface area contributed by atoms with Crippen molar-refractivity contribution in [2.45, 2.75) is 52.8 Å². The second kappa shape index (κ2) is 6.82. The van der Waals surface area contributed by atoms with Crippen LogP contribution in [0.4, 0.5) is 0 Å². The van der Waals surface area contributed by atoms with Crippen LogP contribution in [0.1, 0.15) is 39.0 Å². The van der Waals surface area contributed by atoms with Crippen molar-refractivity contribution in [3.63, 3.8) is 0 Å². The Morgan fingerprint density at radius 3 is 2.58 bits per heavy atom. The van der Waals surface area contributed by atoms with E-state index in [9.17, 15) is 0 Å². The molecule has 0 aliphatic rings. The van der Waals surface area contributed by atoms with E-state index in [2.05, 4.69) is 36.1 Å². The van der Waals surface area contributed by atoms with Gasteiger partial charge in [0.1, 0.15) is 6.10 Å². The summed E-state index contributed by atoms with van der Waals surface area (Å²) in [6.07, 6.45) is 1.76. The lowest BCUT2D eigenvalue weighted by atomic mass is 10.1. The maximum atomic E-state index is 5.57. The van der Waals surface area contributed by atoms with Crippen LogP contribution in [0.2, 0.25) is 0 Å². The number of nitrogens with one attached hydrogen (secondary N) is 1. The van der Waals surface area contributed by atoms with Crippen LogP contribution in [0.3, 0.4) is 0 Å². The van der Waals surface area contributed by atoms with Crippen molar-refractivity contribution in [3.05, 3.63) is 17.5 Å². The molecular weight excluding hydrogens is 242 g/mol. The van der Waals surface area contributed by atoms with Gasteiger partial charge < -0.3 is 14.8 Å². The predicted molar refractivity (Wildman–Crippen MR) is 75.3 cm³/mol. The largest absolute Gasteiger partial charge is 0.458 e. The van der Waals surface area contributed by atoms with E-state index in [1.165, 1.54) is 0 Å². The van der Waals surface area contributed by atoms with Crippen LogP contribution < -0.4 is 10.1 Å². The molecule has 5 nitrogen and oxygen atoms in total. The standard InChI is InChI=1S/C14H25N3O2/c1-10(9-18-6)19-13-15-7-12(11(2)17-13)8-16-14(3,4)5/h7,10,16H,8-9H2,1-6H3. The highest BCUT2D eigenvalue weighted by Gasteiger charge is 2.12. The van der Waals surface area contributed by atoms with E-state index in [1.807, 2.05) is 20.0 Å². The Balaban J connectivity index is 2.64. The summed E-state index contributed by atoms with van der Waals surface area (Å²) in [5.74, 6) is 0. The van der Waals surface area contributed by atoms with Gasteiger partial charge in [0.15, 0.2) is 0 Å². The van der Waals surface area contributed by atoms with Crippen LogP contribution in [0.15, 0.2) is 6.20 Å². The van der Waals surface area contributed by atoms with E-state index < -0.39 is 0 Å². The third-order valence-electron chi connectivity index (χ3n) is 2.58. The zero-order valence-electron chi connectivity index (χ0n) is 12.8. The molecule has 1 atom stereocenters. The van der Waals surface area contributed by atoms with Gasteiger partial charge in [-0.2, -0.15) is 0 Å². The summed E-state index contributed by atoms with van der Waals surface area (Å²) in [6, 6.07) is 0.404. The highest BCUT2D eigenvalue weighted by molar-refractivity contribution is 5.18. The van der Waals surface area contributed by atoms with Crippen LogP contribution >= 0.6 is 0 Å². The van der Waals surface area contributed by atoms with Gasteiger partial charge in [0.2, 0.25) is 0 Å². The molecule has 0 amide bonds. The first-order chi connectivity index (χ1) is 8.81. The Bertz CT molecular complexity index is 402. The third kappa shape index (κ3) is 5.98. The Morgan fingerprint density at radius 2 is 2.05 bits per heavy atom. The fourth-order valence-corrected chi connectivity index (χ4v) is 1.51. The molecular formula is C14H25N3O2. The fraction of sp³-hybridized carbons (Fsp3) is 0.714. The summed E-state index contributed by atoms with van der Waals surface area (Å²) in [6.45, 7) is 11.6. The molecule has 0 aromatic carbocycles. The van der Waals surface area contributed by atoms with Crippen LogP contribution in [0, 0.1) is 6.92 Å².